The number of likely N-dealkylation sites (tertiary alicyclic amines) is 1. The number of hydrogen-bond acceptors (Lipinski definition) is 4. The van der Waals surface area contributed by atoms with Gasteiger partial charge in [0.1, 0.15) is 11.4 Å². The SMILES string of the molecule is CCOC(=O)C1(N(C(=O)CC)c2ccc(F)cc2)CCN(CCc2ccccc2)CC1. The van der Waals surface area contributed by atoms with Gasteiger partial charge in [0, 0.05) is 31.7 Å². The molecule has 0 atom stereocenters. The van der Waals surface area contributed by atoms with Gasteiger partial charge in [-0.1, -0.05) is 37.3 Å². The van der Waals surface area contributed by atoms with Gasteiger partial charge in [0.25, 0.3) is 0 Å². The first-order valence-corrected chi connectivity index (χ1v) is 11.0. The first kappa shape index (κ1) is 22.9. The van der Waals surface area contributed by atoms with Crippen LogP contribution >= 0.6 is 0 Å². The van der Waals surface area contributed by atoms with Crippen LogP contribution < -0.4 is 4.90 Å². The highest BCUT2D eigenvalue weighted by molar-refractivity contribution is 6.02. The summed E-state index contributed by atoms with van der Waals surface area (Å²) in [5.41, 5.74) is 0.724. The summed E-state index contributed by atoms with van der Waals surface area (Å²) in [7, 11) is 0. The second kappa shape index (κ2) is 10.5. The fourth-order valence-corrected chi connectivity index (χ4v) is 4.24. The Hall–Kier alpha value is -2.73. The van der Waals surface area contributed by atoms with E-state index in [1.54, 1.807) is 30.9 Å². The summed E-state index contributed by atoms with van der Waals surface area (Å²) in [6.45, 7) is 6.04. The van der Waals surface area contributed by atoms with E-state index >= 15 is 0 Å². The van der Waals surface area contributed by atoms with Gasteiger partial charge >= 0.3 is 5.97 Å². The minimum absolute atomic E-state index is 0.169. The van der Waals surface area contributed by atoms with Crippen LogP contribution in [-0.2, 0) is 20.7 Å². The van der Waals surface area contributed by atoms with Gasteiger partial charge in [0.2, 0.25) is 5.91 Å². The van der Waals surface area contributed by atoms with Crippen molar-refractivity contribution >= 4 is 17.6 Å². The van der Waals surface area contributed by atoms with Crippen LogP contribution in [0.25, 0.3) is 0 Å². The summed E-state index contributed by atoms with van der Waals surface area (Å²) in [4.78, 5) is 30.1. The minimum Gasteiger partial charge on any atom is -0.464 e. The maximum Gasteiger partial charge on any atom is 0.332 e. The van der Waals surface area contributed by atoms with E-state index < -0.39 is 5.54 Å². The molecule has 0 N–H and O–H groups in total. The number of nitrogens with zero attached hydrogens (tertiary/aromatic N) is 2. The third kappa shape index (κ3) is 5.31. The molecular formula is C25H31FN2O3. The quantitative estimate of drug-likeness (QED) is 0.594. The van der Waals surface area contributed by atoms with E-state index in [2.05, 4.69) is 17.0 Å². The minimum atomic E-state index is -1.08. The zero-order valence-electron chi connectivity index (χ0n) is 18.4. The van der Waals surface area contributed by atoms with Crippen LogP contribution in [0.5, 0.6) is 0 Å². The molecule has 1 heterocycles. The van der Waals surface area contributed by atoms with Gasteiger partial charge < -0.3 is 9.64 Å². The van der Waals surface area contributed by atoms with E-state index in [9.17, 15) is 14.0 Å². The average Bonchev–Trinajstić information content (AvgIpc) is 2.80. The number of piperidine rings is 1. The molecule has 0 radical (unpaired) electrons. The standard InChI is InChI=1S/C25H31FN2O3/c1-3-23(29)28(22-12-10-21(26)11-13-22)25(24(30)31-4-2)15-18-27(19-16-25)17-14-20-8-6-5-7-9-20/h5-13H,3-4,14-19H2,1-2H3. The molecule has 2 aromatic carbocycles. The van der Waals surface area contributed by atoms with Crippen molar-refractivity contribution in [2.24, 2.45) is 0 Å². The number of anilines is 1. The molecule has 1 saturated heterocycles. The largest absolute Gasteiger partial charge is 0.464 e. The number of ether oxygens (including phenoxy) is 1. The number of carbonyl (C=O) groups excluding carboxylic acids is 2. The monoisotopic (exact) mass is 426 g/mol. The molecule has 1 fully saturated rings. The highest BCUT2D eigenvalue weighted by Crippen LogP contribution is 2.35. The molecule has 0 spiro atoms. The molecule has 3 rings (SSSR count). The van der Waals surface area contributed by atoms with Gasteiger partial charge in [0.15, 0.2) is 0 Å². The van der Waals surface area contributed by atoms with Crippen molar-refractivity contribution in [2.45, 2.75) is 45.1 Å². The van der Waals surface area contributed by atoms with Crippen LogP contribution in [0.1, 0.15) is 38.7 Å². The molecule has 0 saturated carbocycles. The molecule has 1 amide bonds. The van der Waals surface area contributed by atoms with Crippen LogP contribution in [0.2, 0.25) is 0 Å². The van der Waals surface area contributed by atoms with Crippen molar-refractivity contribution in [3.63, 3.8) is 0 Å². The van der Waals surface area contributed by atoms with Crippen molar-refractivity contribution in [3.8, 4) is 0 Å². The highest BCUT2D eigenvalue weighted by atomic mass is 19.1. The summed E-state index contributed by atoms with van der Waals surface area (Å²) in [5.74, 6) is -0.935. The smallest absolute Gasteiger partial charge is 0.332 e. The highest BCUT2D eigenvalue weighted by Gasteiger charge is 2.50. The van der Waals surface area contributed by atoms with E-state index in [-0.39, 0.29) is 30.7 Å². The topological polar surface area (TPSA) is 49.9 Å². The molecule has 2 aromatic rings. The number of amides is 1. The van der Waals surface area contributed by atoms with Gasteiger partial charge in [0.05, 0.1) is 6.61 Å². The molecule has 0 aliphatic carbocycles. The maximum atomic E-state index is 13.5. The van der Waals surface area contributed by atoms with Crippen molar-refractivity contribution in [1.29, 1.82) is 0 Å². The first-order chi connectivity index (χ1) is 15.0. The summed E-state index contributed by atoms with van der Waals surface area (Å²) in [5, 5.41) is 0. The third-order valence-electron chi connectivity index (χ3n) is 5.96. The van der Waals surface area contributed by atoms with Crippen LogP contribution in [0.4, 0.5) is 10.1 Å². The Balaban J connectivity index is 1.82. The number of esters is 1. The lowest BCUT2D eigenvalue weighted by molar-refractivity contribution is -0.153. The lowest BCUT2D eigenvalue weighted by atomic mass is 9.84. The van der Waals surface area contributed by atoms with Gasteiger partial charge in [-0.2, -0.15) is 0 Å². The second-order valence-corrected chi connectivity index (χ2v) is 7.89. The molecule has 1 aliphatic heterocycles. The Morgan fingerprint density at radius 2 is 1.68 bits per heavy atom. The summed E-state index contributed by atoms with van der Waals surface area (Å²) in [6, 6.07) is 16.1. The van der Waals surface area contributed by atoms with Crippen molar-refractivity contribution in [1.82, 2.24) is 4.90 Å². The zero-order chi connectivity index (χ0) is 22.3. The fraction of sp³-hybridized carbons (Fsp3) is 0.440. The fourth-order valence-electron chi connectivity index (χ4n) is 4.24. The maximum absolute atomic E-state index is 13.5. The van der Waals surface area contributed by atoms with Crippen molar-refractivity contribution in [3.05, 3.63) is 66.0 Å². The average molecular weight is 427 g/mol. The van der Waals surface area contributed by atoms with E-state index in [1.165, 1.54) is 17.7 Å². The summed E-state index contributed by atoms with van der Waals surface area (Å²) in [6.07, 6.45) is 2.13. The number of halogens is 1. The number of rotatable bonds is 8. The number of benzene rings is 2. The molecule has 166 valence electrons. The van der Waals surface area contributed by atoms with E-state index in [4.69, 9.17) is 4.74 Å². The Morgan fingerprint density at radius 1 is 1.03 bits per heavy atom. The normalized spacial score (nSPS) is 16.0. The number of carbonyl (C=O) groups is 2. The summed E-state index contributed by atoms with van der Waals surface area (Å²) < 4.78 is 19.0. The van der Waals surface area contributed by atoms with Crippen LogP contribution in [-0.4, -0.2) is 48.6 Å². The van der Waals surface area contributed by atoms with E-state index in [1.807, 2.05) is 18.2 Å². The Kier molecular flexibility index (Phi) is 7.80. The van der Waals surface area contributed by atoms with Gasteiger partial charge in [-0.3, -0.25) is 9.69 Å². The Labute approximate surface area is 183 Å². The molecule has 31 heavy (non-hydrogen) atoms. The lowest BCUT2D eigenvalue weighted by Gasteiger charge is -2.46. The van der Waals surface area contributed by atoms with E-state index in [0.717, 1.165) is 13.0 Å². The molecule has 1 aliphatic rings. The first-order valence-electron chi connectivity index (χ1n) is 11.0. The predicted molar refractivity (Wildman–Crippen MR) is 119 cm³/mol. The lowest BCUT2D eigenvalue weighted by Crippen LogP contribution is -2.63. The van der Waals surface area contributed by atoms with E-state index in [0.29, 0.717) is 31.6 Å². The number of hydrogen-bond donors (Lipinski definition) is 0. The second-order valence-electron chi connectivity index (χ2n) is 7.89. The zero-order valence-corrected chi connectivity index (χ0v) is 18.4. The third-order valence-corrected chi connectivity index (χ3v) is 5.96. The van der Waals surface area contributed by atoms with Crippen LogP contribution in [0.15, 0.2) is 54.6 Å². The molecule has 5 nitrogen and oxygen atoms in total. The van der Waals surface area contributed by atoms with Crippen LogP contribution in [0, 0.1) is 5.82 Å². The van der Waals surface area contributed by atoms with Gasteiger partial charge in [-0.25, -0.2) is 9.18 Å². The Morgan fingerprint density at radius 3 is 2.26 bits per heavy atom. The van der Waals surface area contributed by atoms with Crippen molar-refractivity contribution < 1.29 is 18.7 Å². The van der Waals surface area contributed by atoms with Gasteiger partial charge in [-0.05, 0) is 56.0 Å². The van der Waals surface area contributed by atoms with Crippen LogP contribution in [0.3, 0.4) is 0 Å². The molecule has 0 bridgehead atoms. The predicted octanol–water partition coefficient (Wildman–Crippen LogP) is 4.21. The molecule has 6 heteroatoms. The molecular weight excluding hydrogens is 395 g/mol. The van der Waals surface area contributed by atoms with Gasteiger partial charge in [-0.15, -0.1) is 0 Å². The molecule has 0 aromatic heterocycles. The summed E-state index contributed by atoms with van der Waals surface area (Å²) >= 11 is 0. The Bertz CT molecular complexity index is 862. The van der Waals surface area contributed by atoms with Crippen molar-refractivity contribution in [2.75, 3.05) is 31.1 Å². The molecule has 0 unspecified atom stereocenters.